The van der Waals surface area contributed by atoms with Crippen LogP contribution in [0.25, 0.3) is 0 Å². The Hall–Kier alpha value is -2.54. The van der Waals surface area contributed by atoms with Crippen LogP contribution in [-0.2, 0) is 17.8 Å². The number of hydrogen-bond donors (Lipinski definition) is 2. The number of aliphatic imine (C=N–C) groups is 1. The molecule has 0 aliphatic heterocycles. The summed E-state index contributed by atoms with van der Waals surface area (Å²) in [4.78, 5) is 19.3. The number of likely N-dealkylation sites (N-methyl/N-ethyl adjacent to an activating group) is 1. The van der Waals surface area contributed by atoms with Crippen LogP contribution in [0.4, 0.5) is 0 Å². The smallest absolute Gasteiger partial charge is 0.241 e. The Morgan fingerprint density at radius 2 is 1.96 bits per heavy atom. The molecule has 0 saturated carbocycles. The molecule has 0 unspecified atom stereocenters. The van der Waals surface area contributed by atoms with E-state index in [1.165, 1.54) is 4.88 Å². The van der Waals surface area contributed by atoms with Gasteiger partial charge in [-0.2, -0.15) is 0 Å². The molecule has 2 rings (SSSR count). The minimum Gasteiger partial charge on any atom is -0.497 e. The second kappa shape index (κ2) is 10.5. The summed E-state index contributed by atoms with van der Waals surface area (Å²) in [5, 5.41) is 8.47. The van der Waals surface area contributed by atoms with Crippen LogP contribution in [0.3, 0.4) is 0 Å². The normalized spacial score (nSPS) is 11.1. The lowest BCUT2D eigenvalue weighted by atomic mass is 10.2. The van der Waals surface area contributed by atoms with Crippen molar-refractivity contribution in [2.24, 2.45) is 4.99 Å². The van der Waals surface area contributed by atoms with E-state index in [1.54, 1.807) is 37.4 Å². The van der Waals surface area contributed by atoms with Crippen LogP contribution in [0, 0.1) is 0 Å². The van der Waals surface area contributed by atoms with Crippen molar-refractivity contribution in [3.8, 4) is 5.75 Å². The van der Waals surface area contributed by atoms with Gasteiger partial charge in [0.2, 0.25) is 5.91 Å². The van der Waals surface area contributed by atoms with Crippen LogP contribution in [0.15, 0.2) is 46.8 Å². The Balaban J connectivity index is 1.93. The van der Waals surface area contributed by atoms with E-state index in [9.17, 15) is 4.79 Å². The molecule has 0 aliphatic rings. The average Bonchev–Trinajstić information content (AvgIpc) is 3.17. The zero-order valence-corrected chi connectivity index (χ0v) is 16.3. The van der Waals surface area contributed by atoms with Gasteiger partial charge in [-0.15, -0.1) is 11.3 Å². The highest BCUT2D eigenvalue weighted by atomic mass is 32.1. The van der Waals surface area contributed by atoms with Crippen molar-refractivity contribution in [1.82, 2.24) is 15.5 Å². The lowest BCUT2D eigenvalue weighted by Gasteiger charge is -2.15. The Labute approximate surface area is 158 Å². The second-order valence-electron chi connectivity index (χ2n) is 5.91. The number of rotatable bonds is 8. The molecule has 2 N–H and O–H groups in total. The summed E-state index contributed by atoms with van der Waals surface area (Å²) < 4.78 is 5.17. The minimum atomic E-state index is 0.00204. The first kappa shape index (κ1) is 19.8. The van der Waals surface area contributed by atoms with Gasteiger partial charge in [0.25, 0.3) is 0 Å². The van der Waals surface area contributed by atoms with E-state index in [0.29, 0.717) is 12.5 Å². The zero-order valence-electron chi connectivity index (χ0n) is 15.5. The quantitative estimate of drug-likeness (QED) is 0.549. The molecule has 140 valence electrons. The molecule has 0 bridgehead atoms. The maximum Gasteiger partial charge on any atom is 0.241 e. The Kier molecular flexibility index (Phi) is 7.95. The van der Waals surface area contributed by atoms with E-state index in [4.69, 9.17) is 4.74 Å². The molecule has 26 heavy (non-hydrogen) atoms. The van der Waals surface area contributed by atoms with E-state index >= 15 is 0 Å². The molecule has 0 fully saturated rings. The van der Waals surface area contributed by atoms with Gasteiger partial charge in [0.1, 0.15) is 5.75 Å². The summed E-state index contributed by atoms with van der Waals surface area (Å²) in [5.74, 6) is 1.46. The molecule has 0 saturated heterocycles. The summed E-state index contributed by atoms with van der Waals surface area (Å²) in [6.45, 7) is 1.49. The SMILES string of the molecule is COc1ccc(CN=C(NCCc2cccs2)NCC(=O)N(C)C)cc1. The van der Waals surface area contributed by atoms with Crippen molar-refractivity contribution in [1.29, 1.82) is 0 Å². The average molecular weight is 375 g/mol. The molecule has 1 aromatic heterocycles. The van der Waals surface area contributed by atoms with Crippen LogP contribution in [-0.4, -0.2) is 51.1 Å². The van der Waals surface area contributed by atoms with Gasteiger partial charge in [-0.05, 0) is 35.6 Å². The summed E-state index contributed by atoms with van der Waals surface area (Å²) in [5.41, 5.74) is 1.07. The number of benzene rings is 1. The fraction of sp³-hybridized carbons (Fsp3) is 0.368. The molecule has 0 radical (unpaired) electrons. The first-order chi connectivity index (χ1) is 12.6. The maximum absolute atomic E-state index is 11.8. The highest BCUT2D eigenvalue weighted by Crippen LogP contribution is 2.12. The molecular formula is C19H26N4O2S. The van der Waals surface area contributed by atoms with Crippen molar-refractivity contribution < 1.29 is 9.53 Å². The van der Waals surface area contributed by atoms with Crippen LogP contribution >= 0.6 is 11.3 Å². The van der Waals surface area contributed by atoms with Crippen molar-refractivity contribution >= 4 is 23.2 Å². The second-order valence-corrected chi connectivity index (χ2v) is 6.94. The van der Waals surface area contributed by atoms with E-state index in [1.807, 2.05) is 30.3 Å². The summed E-state index contributed by atoms with van der Waals surface area (Å²) in [6.07, 6.45) is 0.919. The van der Waals surface area contributed by atoms with Crippen molar-refractivity contribution in [3.63, 3.8) is 0 Å². The fourth-order valence-electron chi connectivity index (χ4n) is 2.15. The number of nitrogens with one attached hydrogen (secondary N) is 2. The minimum absolute atomic E-state index is 0.00204. The predicted octanol–water partition coefficient (Wildman–Crippen LogP) is 2.12. The molecule has 1 heterocycles. The number of nitrogens with zero attached hydrogens (tertiary/aromatic N) is 2. The van der Waals surface area contributed by atoms with Crippen molar-refractivity contribution in [2.45, 2.75) is 13.0 Å². The molecule has 1 amide bonds. The lowest BCUT2D eigenvalue weighted by molar-refractivity contribution is -0.127. The summed E-state index contributed by atoms with van der Waals surface area (Å²) >= 11 is 1.74. The number of hydrogen-bond acceptors (Lipinski definition) is 4. The topological polar surface area (TPSA) is 66.0 Å². The van der Waals surface area contributed by atoms with Crippen LogP contribution < -0.4 is 15.4 Å². The molecule has 7 heteroatoms. The molecule has 0 atom stereocenters. The largest absolute Gasteiger partial charge is 0.497 e. The molecule has 0 aliphatic carbocycles. The molecule has 6 nitrogen and oxygen atoms in total. The van der Waals surface area contributed by atoms with E-state index in [2.05, 4.69) is 27.1 Å². The van der Waals surface area contributed by atoms with Crippen LogP contribution in [0.1, 0.15) is 10.4 Å². The van der Waals surface area contributed by atoms with Gasteiger partial charge in [0, 0.05) is 25.5 Å². The lowest BCUT2D eigenvalue weighted by Crippen LogP contribution is -2.43. The van der Waals surface area contributed by atoms with Crippen molar-refractivity contribution in [3.05, 3.63) is 52.2 Å². The van der Waals surface area contributed by atoms with Crippen molar-refractivity contribution in [2.75, 3.05) is 34.3 Å². The monoisotopic (exact) mass is 374 g/mol. The molecular weight excluding hydrogens is 348 g/mol. The number of carbonyl (C=O) groups excluding carboxylic acids is 1. The van der Waals surface area contributed by atoms with Gasteiger partial charge in [-0.25, -0.2) is 4.99 Å². The third-order valence-corrected chi connectivity index (χ3v) is 4.66. The van der Waals surface area contributed by atoms with E-state index < -0.39 is 0 Å². The maximum atomic E-state index is 11.8. The van der Waals surface area contributed by atoms with Crippen LogP contribution in [0.2, 0.25) is 0 Å². The van der Waals surface area contributed by atoms with E-state index in [-0.39, 0.29) is 12.5 Å². The van der Waals surface area contributed by atoms with E-state index in [0.717, 1.165) is 24.3 Å². The highest BCUT2D eigenvalue weighted by molar-refractivity contribution is 7.09. The third-order valence-electron chi connectivity index (χ3n) is 3.73. The number of ether oxygens (including phenoxy) is 1. The number of carbonyl (C=O) groups is 1. The molecule has 1 aromatic carbocycles. The highest BCUT2D eigenvalue weighted by Gasteiger charge is 2.06. The van der Waals surface area contributed by atoms with Gasteiger partial charge in [0.15, 0.2) is 5.96 Å². The third kappa shape index (κ3) is 6.76. The first-order valence-corrected chi connectivity index (χ1v) is 9.34. The van der Waals surface area contributed by atoms with Gasteiger partial charge in [0.05, 0.1) is 20.2 Å². The standard InChI is InChI=1S/C19H26N4O2S/c1-23(2)18(24)14-22-19(20-11-10-17-5-4-12-26-17)21-13-15-6-8-16(25-3)9-7-15/h4-9,12H,10-11,13-14H2,1-3H3,(H2,20,21,22). The number of guanidine groups is 1. The molecule has 2 aromatic rings. The number of methoxy groups -OCH3 is 1. The summed E-state index contributed by atoms with van der Waals surface area (Å²) in [6, 6.07) is 12.0. The summed E-state index contributed by atoms with van der Waals surface area (Å²) in [7, 11) is 5.12. The van der Waals surface area contributed by atoms with Gasteiger partial charge in [-0.1, -0.05) is 18.2 Å². The van der Waals surface area contributed by atoms with Gasteiger partial charge in [-0.3, -0.25) is 4.79 Å². The Bertz CT molecular complexity index is 697. The first-order valence-electron chi connectivity index (χ1n) is 8.46. The fourth-order valence-corrected chi connectivity index (χ4v) is 2.86. The predicted molar refractivity (Wildman–Crippen MR) is 107 cm³/mol. The zero-order chi connectivity index (χ0) is 18.8. The van der Waals surface area contributed by atoms with Gasteiger partial charge < -0.3 is 20.3 Å². The molecule has 0 spiro atoms. The Morgan fingerprint density at radius 1 is 1.19 bits per heavy atom. The number of thiophene rings is 1. The number of amides is 1. The Morgan fingerprint density at radius 3 is 2.58 bits per heavy atom. The van der Waals surface area contributed by atoms with Gasteiger partial charge >= 0.3 is 0 Å². The van der Waals surface area contributed by atoms with Crippen LogP contribution in [0.5, 0.6) is 5.75 Å².